The summed E-state index contributed by atoms with van der Waals surface area (Å²) in [5.74, 6) is -0.314. The van der Waals surface area contributed by atoms with Gasteiger partial charge in [-0.15, -0.1) is 0 Å². The van der Waals surface area contributed by atoms with Crippen LogP contribution in [0.25, 0.3) is 0 Å². The highest BCUT2D eigenvalue weighted by molar-refractivity contribution is 7.89. The molecule has 0 spiro atoms. The van der Waals surface area contributed by atoms with Gasteiger partial charge in [0.25, 0.3) is 0 Å². The summed E-state index contributed by atoms with van der Waals surface area (Å²) in [7, 11) is -3.77. The summed E-state index contributed by atoms with van der Waals surface area (Å²) in [4.78, 5) is 13.7. The largest absolute Gasteiger partial charge is 0.325 e. The number of para-hydroxylation sites is 1. The van der Waals surface area contributed by atoms with Gasteiger partial charge in [0.05, 0.1) is 21.8 Å². The molecule has 1 aliphatic rings. The zero-order valence-electron chi connectivity index (χ0n) is 18.5. The molecular weight excluding hydrogens is 434 g/mol. The summed E-state index contributed by atoms with van der Waals surface area (Å²) in [6.07, 6.45) is 0.111. The Kier molecular flexibility index (Phi) is 5.83. The van der Waals surface area contributed by atoms with Crippen LogP contribution in [0.2, 0.25) is 0 Å². The van der Waals surface area contributed by atoms with Crippen LogP contribution < -0.4 is 10.0 Å². The fourth-order valence-corrected chi connectivity index (χ4v) is 5.69. The van der Waals surface area contributed by atoms with E-state index in [2.05, 4.69) is 16.1 Å². The number of amides is 1. The first-order valence-corrected chi connectivity index (χ1v) is 12.2. The molecule has 1 heterocycles. The maximum Gasteiger partial charge on any atom is 0.240 e. The van der Waals surface area contributed by atoms with Crippen LogP contribution >= 0.6 is 0 Å². The number of anilines is 1. The minimum atomic E-state index is -3.77. The van der Waals surface area contributed by atoms with Crippen molar-refractivity contribution in [3.05, 3.63) is 95.6 Å². The van der Waals surface area contributed by atoms with E-state index >= 15 is 0 Å². The number of nitriles is 1. The maximum absolute atomic E-state index is 13.6. The molecule has 0 aliphatic carbocycles. The molecule has 0 aromatic heterocycles. The molecule has 0 radical (unpaired) electrons. The lowest BCUT2D eigenvalue weighted by Crippen LogP contribution is -2.53. The van der Waals surface area contributed by atoms with Gasteiger partial charge in [-0.3, -0.25) is 4.79 Å². The first-order chi connectivity index (χ1) is 15.7. The smallest absolute Gasteiger partial charge is 0.240 e. The van der Waals surface area contributed by atoms with E-state index in [1.807, 2.05) is 55.5 Å². The third-order valence-electron chi connectivity index (χ3n) is 6.57. The molecule has 3 aromatic rings. The quantitative estimate of drug-likeness (QED) is 0.557. The van der Waals surface area contributed by atoms with E-state index in [1.165, 1.54) is 0 Å². The van der Waals surface area contributed by atoms with Crippen molar-refractivity contribution in [3.8, 4) is 6.07 Å². The van der Waals surface area contributed by atoms with Crippen molar-refractivity contribution in [2.75, 3.05) is 11.9 Å². The molecule has 1 aliphatic heterocycles. The van der Waals surface area contributed by atoms with Gasteiger partial charge < -0.3 is 5.32 Å². The molecule has 7 heteroatoms. The predicted octanol–water partition coefficient (Wildman–Crippen LogP) is 4.04. The van der Waals surface area contributed by atoms with Gasteiger partial charge in [-0.25, -0.2) is 13.1 Å². The average Bonchev–Trinajstić information content (AvgIpc) is 3.11. The molecule has 1 amide bonds. The fourth-order valence-electron chi connectivity index (χ4n) is 4.66. The summed E-state index contributed by atoms with van der Waals surface area (Å²) < 4.78 is 28.4. The summed E-state index contributed by atoms with van der Waals surface area (Å²) in [5.41, 5.74) is 0.467. The van der Waals surface area contributed by atoms with Crippen LogP contribution in [0.3, 0.4) is 0 Å². The Morgan fingerprint density at radius 1 is 1.00 bits per heavy atom. The summed E-state index contributed by atoms with van der Waals surface area (Å²) in [6.45, 7) is 3.62. The number of benzene rings is 3. The van der Waals surface area contributed by atoms with Crippen molar-refractivity contribution in [2.24, 2.45) is 0 Å². The number of nitrogens with zero attached hydrogens (tertiary/aromatic N) is 1. The zero-order chi connectivity index (χ0) is 23.7. The minimum absolute atomic E-state index is 0.0118. The number of hydrogen-bond acceptors (Lipinski definition) is 4. The Hall–Kier alpha value is -3.47. The third kappa shape index (κ3) is 3.71. The van der Waals surface area contributed by atoms with E-state index in [0.717, 1.165) is 5.56 Å². The second-order valence-electron chi connectivity index (χ2n) is 8.47. The molecule has 168 valence electrons. The van der Waals surface area contributed by atoms with Crippen molar-refractivity contribution in [1.82, 2.24) is 4.72 Å². The molecule has 4 rings (SSSR count). The third-order valence-corrected chi connectivity index (χ3v) is 8.05. The number of aryl methyl sites for hydroxylation is 1. The summed E-state index contributed by atoms with van der Waals surface area (Å²) in [6, 6.07) is 25.4. The monoisotopic (exact) mass is 459 g/mol. The van der Waals surface area contributed by atoms with Crippen molar-refractivity contribution in [1.29, 1.82) is 5.26 Å². The lowest BCUT2D eigenvalue weighted by Gasteiger charge is -2.41. The Bertz CT molecular complexity index is 1330. The zero-order valence-corrected chi connectivity index (χ0v) is 19.3. The van der Waals surface area contributed by atoms with Crippen LogP contribution in [0.4, 0.5) is 5.69 Å². The Balaban J connectivity index is 1.75. The van der Waals surface area contributed by atoms with Gasteiger partial charge in [0, 0.05) is 12.2 Å². The highest BCUT2D eigenvalue weighted by Gasteiger charge is 2.59. The second kappa shape index (κ2) is 8.47. The number of carbonyl (C=O) groups excluding carboxylic acids is 1. The van der Waals surface area contributed by atoms with E-state index in [1.54, 1.807) is 37.3 Å². The number of hydrogen-bond donors (Lipinski definition) is 2. The van der Waals surface area contributed by atoms with Crippen molar-refractivity contribution in [2.45, 2.75) is 36.0 Å². The molecule has 0 fully saturated rings. The van der Waals surface area contributed by atoms with Crippen LogP contribution in [-0.4, -0.2) is 20.9 Å². The van der Waals surface area contributed by atoms with Crippen molar-refractivity contribution < 1.29 is 13.2 Å². The van der Waals surface area contributed by atoms with Gasteiger partial charge in [-0.1, -0.05) is 66.2 Å². The van der Waals surface area contributed by atoms with Gasteiger partial charge in [0.15, 0.2) is 0 Å². The van der Waals surface area contributed by atoms with Gasteiger partial charge in [-0.05, 0) is 49.6 Å². The molecule has 2 N–H and O–H groups in total. The second-order valence-corrected chi connectivity index (χ2v) is 10.2. The van der Waals surface area contributed by atoms with E-state index in [4.69, 9.17) is 0 Å². The lowest BCUT2D eigenvalue weighted by molar-refractivity contribution is -0.122. The molecule has 0 saturated carbocycles. The molecule has 33 heavy (non-hydrogen) atoms. The minimum Gasteiger partial charge on any atom is -0.325 e. The standard InChI is InChI=1S/C26H25N3O3S/c1-19-12-14-21(15-13-19)33(31,32)28-17-16-26(22-10-6-7-11-23(22)29-24(26)30)25(2,18-27)20-8-4-3-5-9-20/h3-15,28H,16-17H2,1-2H3,(H,29,30)/t25-,26+/m0/s1. The first kappa shape index (κ1) is 22.7. The van der Waals surface area contributed by atoms with Crippen LogP contribution in [0.5, 0.6) is 0 Å². The topological polar surface area (TPSA) is 99.1 Å². The van der Waals surface area contributed by atoms with E-state index < -0.39 is 20.9 Å². The number of rotatable bonds is 7. The summed E-state index contributed by atoms with van der Waals surface area (Å²) in [5, 5.41) is 13.3. The SMILES string of the molecule is Cc1ccc(S(=O)(=O)NCC[C@]2([C@@](C)(C#N)c3ccccc3)C(=O)Nc3ccccc32)cc1. The fraction of sp³-hybridized carbons (Fsp3) is 0.231. The normalized spacial score (nSPS) is 19.2. The van der Waals surface area contributed by atoms with Gasteiger partial charge >= 0.3 is 0 Å². The van der Waals surface area contributed by atoms with Crippen molar-refractivity contribution >= 4 is 21.6 Å². The van der Waals surface area contributed by atoms with Crippen LogP contribution in [0.1, 0.15) is 30.0 Å². The van der Waals surface area contributed by atoms with Crippen LogP contribution in [0, 0.1) is 18.3 Å². The Labute approximate surface area is 194 Å². The molecule has 0 saturated heterocycles. The Morgan fingerprint density at radius 3 is 2.30 bits per heavy atom. The van der Waals surface area contributed by atoms with Gasteiger partial charge in [0.2, 0.25) is 15.9 Å². The van der Waals surface area contributed by atoms with E-state index in [0.29, 0.717) is 16.8 Å². The molecule has 2 atom stereocenters. The van der Waals surface area contributed by atoms with E-state index in [-0.39, 0.29) is 23.8 Å². The van der Waals surface area contributed by atoms with E-state index in [9.17, 15) is 18.5 Å². The molecule has 3 aromatic carbocycles. The Morgan fingerprint density at radius 2 is 1.64 bits per heavy atom. The number of carbonyl (C=O) groups is 1. The molecule has 0 bridgehead atoms. The highest BCUT2D eigenvalue weighted by Crippen LogP contribution is 2.52. The average molecular weight is 460 g/mol. The number of sulfonamides is 1. The predicted molar refractivity (Wildman–Crippen MR) is 127 cm³/mol. The van der Waals surface area contributed by atoms with Gasteiger partial charge in [0.1, 0.15) is 0 Å². The van der Waals surface area contributed by atoms with Crippen LogP contribution in [-0.2, 0) is 25.6 Å². The maximum atomic E-state index is 13.6. The number of nitrogens with one attached hydrogen (secondary N) is 2. The summed E-state index contributed by atoms with van der Waals surface area (Å²) >= 11 is 0. The molecule has 6 nitrogen and oxygen atoms in total. The number of fused-ring (bicyclic) bond motifs is 1. The van der Waals surface area contributed by atoms with Crippen molar-refractivity contribution in [3.63, 3.8) is 0 Å². The molecule has 0 unspecified atom stereocenters. The first-order valence-electron chi connectivity index (χ1n) is 10.7. The van der Waals surface area contributed by atoms with Crippen LogP contribution in [0.15, 0.2) is 83.8 Å². The lowest BCUT2D eigenvalue weighted by atomic mass is 9.57. The molecular formula is C26H25N3O3S. The highest BCUT2D eigenvalue weighted by atomic mass is 32.2. The van der Waals surface area contributed by atoms with Gasteiger partial charge in [-0.2, -0.15) is 5.26 Å².